The molecule has 0 aliphatic heterocycles. The van der Waals surface area contributed by atoms with Gasteiger partial charge in [0, 0.05) is 46.9 Å². The molecule has 16 heteroatoms. The van der Waals surface area contributed by atoms with Crippen LogP contribution in [-0.2, 0) is 9.59 Å². The molecule has 2 atom stereocenters. The lowest BCUT2D eigenvalue weighted by Crippen LogP contribution is -2.46. The summed E-state index contributed by atoms with van der Waals surface area (Å²) < 4.78 is 0. The van der Waals surface area contributed by atoms with Crippen molar-refractivity contribution in [2.24, 2.45) is 11.5 Å². The van der Waals surface area contributed by atoms with Crippen molar-refractivity contribution in [3.05, 3.63) is 79.9 Å². The van der Waals surface area contributed by atoms with E-state index < -0.39 is 45.6 Å². The molecule has 0 spiro atoms. The van der Waals surface area contributed by atoms with Gasteiger partial charge in [-0.05, 0) is 24.3 Å². The lowest BCUT2D eigenvalue weighted by molar-refractivity contribution is -0.385. The van der Waals surface area contributed by atoms with Crippen LogP contribution in [0.3, 0.4) is 0 Å². The molecule has 0 aliphatic rings. The van der Waals surface area contributed by atoms with Gasteiger partial charge in [-0.15, -0.1) is 0 Å². The van der Waals surface area contributed by atoms with E-state index in [9.17, 15) is 39.4 Å². The number of nitrogens with two attached hydrogens (primary N) is 2. The molecule has 36 heavy (non-hydrogen) atoms. The Kier molecular flexibility index (Phi) is 10.2. The largest absolute Gasteiger partial charge is 0.368 e. The summed E-state index contributed by atoms with van der Waals surface area (Å²) in [6, 6.07) is 7.34. The molecule has 2 rings (SSSR count). The van der Waals surface area contributed by atoms with Gasteiger partial charge in [-0.1, -0.05) is 21.6 Å². The van der Waals surface area contributed by atoms with Crippen molar-refractivity contribution < 1.29 is 29.0 Å². The first-order chi connectivity index (χ1) is 17.0. The molecule has 190 valence electrons. The van der Waals surface area contributed by atoms with Crippen molar-refractivity contribution in [3.8, 4) is 0 Å². The van der Waals surface area contributed by atoms with Crippen LogP contribution in [0.5, 0.6) is 0 Å². The van der Waals surface area contributed by atoms with E-state index in [1.807, 2.05) is 0 Å². The summed E-state index contributed by atoms with van der Waals surface area (Å²) in [5.74, 6) is -2.94. The van der Waals surface area contributed by atoms with Gasteiger partial charge in [-0.2, -0.15) is 0 Å². The highest BCUT2D eigenvalue weighted by Gasteiger charge is 2.22. The molecule has 0 unspecified atom stereocenters. The minimum atomic E-state index is -1.09. The van der Waals surface area contributed by atoms with E-state index in [0.717, 1.165) is 45.9 Å². The Morgan fingerprint density at radius 2 is 1.00 bits per heavy atom. The third-order valence-electron chi connectivity index (χ3n) is 4.53. The second-order valence-corrected chi connectivity index (χ2v) is 9.59. The van der Waals surface area contributed by atoms with Crippen LogP contribution >= 0.6 is 21.6 Å². The molecule has 6 N–H and O–H groups in total. The first-order valence-corrected chi connectivity index (χ1v) is 12.4. The van der Waals surface area contributed by atoms with Gasteiger partial charge in [0.25, 0.3) is 23.2 Å². The Labute approximate surface area is 211 Å². The van der Waals surface area contributed by atoms with E-state index in [1.54, 1.807) is 0 Å². The predicted octanol–water partition coefficient (Wildman–Crippen LogP) is 0.752. The first-order valence-electron chi connectivity index (χ1n) is 9.93. The van der Waals surface area contributed by atoms with Gasteiger partial charge in [-0.25, -0.2) is 0 Å². The Hall–Kier alpha value is -4.18. The number of nitrogens with zero attached hydrogens (tertiary/aromatic N) is 2. The molecule has 4 amide bonds. The summed E-state index contributed by atoms with van der Waals surface area (Å²) in [5.41, 5.74) is 10.5. The summed E-state index contributed by atoms with van der Waals surface area (Å²) in [6.45, 7) is 0. The molecular weight excluding hydrogens is 516 g/mol. The molecule has 0 fully saturated rings. The number of nitro groups is 2. The Balaban J connectivity index is 1.88. The van der Waals surface area contributed by atoms with E-state index >= 15 is 0 Å². The highest BCUT2D eigenvalue weighted by atomic mass is 33.1. The van der Waals surface area contributed by atoms with Gasteiger partial charge in [-0.3, -0.25) is 39.4 Å². The summed E-state index contributed by atoms with van der Waals surface area (Å²) in [5, 5.41) is 26.3. The van der Waals surface area contributed by atoms with Crippen LogP contribution in [0, 0.1) is 20.2 Å². The van der Waals surface area contributed by atoms with E-state index in [4.69, 9.17) is 11.5 Å². The standard InChI is InChI=1S/C20H20N6O8S2/c21-17(27)15(23-19(29)11-1-5-13(6-2-11)25(31)32)9-35-36-10-16(18(22)28)24-20(30)12-3-7-14(8-4-12)26(33)34/h1-8,15-16H,9-10H2,(H2,21,27)(H2,22,28)(H,23,29)(H,24,30)/t15-,16-/m0/s1. The number of non-ortho nitro benzene ring substituents is 2. The van der Waals surface area contributed by atoms with Gasteiger partial charge in [0.2, 0.25) is 11.8 Å². The quantitative estimate of drug-likeness (QED) is 0.121. The number of benzene rings is 2. The van der Waals surface area contributed by atoms with E-state index in [0.29, 0.717) is 0 Å². The molecule has 2 aromatic rings. The van der Waals surface area contributed by atoms with Crippen LogP contribution in [0.1, 0.15) is 20.7 Å². The van der Waals surface area contributed by atoms with Crippen molar-refractivity contribution in [3.63, 3.8) is 0 Å². The van der Waals surface area contributed by atoms with Crippen molar-refractivity contribution in [1.29, 1.82) is 0 Å². The fourth-order valence-electron chi connectivity index (χ4n) is 2.57. The number of hydrogen-bond donors (Lipinski definition) is 4. The number of amides is 4. The van der Waals surface area contributed by atoms with Crippen LogP contribution < -0.4 is 22.1 Å². The molecule has 0 aromatic heterocycles. The van der Waals surface area contributed by atoms with Gasteiger partial charge < -0.3 is 22.1 Å². The number of nitro benzene ring substituents is 2. The third-order valence-corrected chi connectivity index (χ3v) is 6.95. The van der Waals surface area contributed by atoms with Crippen LogP contribution in [0.15, 0.2) is 48.5 Å². The van der Waals surface area contributed by atoms with Crippen LogP contribution in [0.25, 0.3) is 0 Å². The second-order valence-electron chi connectivity index (χ2n) is 7.03. The summed E-state index contributed by atoms with van der Waals surface area (Å²) >= 11 is 0. The zero-order valence-corrected chi connectivity index (χ0v) is 20.0. The fraction of sp³-hybridized carbons (Fsp3) is 0.200. The van der Waals surface area contributed by atoms with Crippen molar-refractivity contribution >= 4 is 56.6 Å². The monoisotopic (exact) mass is 536 g/mol. The Morgan fingerprint density at radius 1 is 0.694 bits per heavy atom. The third kappa shape index (κ3) is 8.24. The number of carbonyl (C=O) groups excluding carboxylic acids is 4. The van der Waals surface area contributed by atoms with Gasteiger partial charge in [0.1, 0.15) is 12.1 Å². The van der Waals surface area contributed by atoms with E-state index in [-0.39, 0.29) is 34.0 Å². The number of nitrogens with one attached hydrogen (secondary N) is 2. The number of primary amides is 2. The summed E-state index contributed by atoms with van der Waals surface area (Å²) in [7, 11) is 2.17. The maximum Gasteiger partial charge on any atom is 0.269 e. The fourth-order valence-corrected chi connectivity index (χ4v) is 4.93. The molecule has 2 aromatic carbocycles. The maximum atomic E-state index is 12.3. The molecule has 0 saturated carbocycles. The van der Waals surface area contributed by atoms with Gasteiger partial charge in [0.15, 0.2) is 0 Å². The predicted molar refractivity (Wildman–Crippen MR) is 132 cm³/mol. The van der Waals surface area contributed by atoms with Crippen molar-refractivity contribution in [1.82, 2.24) is 10.6 Å². The summed E-state index contributed by atoms with van der Waals surface area (Å²) in [4.78, 5) is 68.3. The normalized spacial score (nSPS) is 12.1. The summed E-state index contributed by atoms with van der Waals surface area (Å²) in [6.07, 6.45) is 0. The average molecular weight is 537 g/mol. The molecule has 0 saturated heterocycles. The topological polar surface area (TPSA) is 231 Å². The molecule has 14 nitrogen and oxygen atoms in total. The van der Waals surface area contributed by atoms with Crippen molar-refractivity contribution in [2.75, 3.05) is 11.5 Å². The van der Waals surface area contributed by atoms with E-state index in [2.05, 4.69) is 10.6 Å². The van der Waals surface area contributed by atoms with E-state index in [1.165, 1.54) is 24.3 Å². The smallest absolute Gasteiger partial charge is 0.269 e. The SMILES string of the molecule is NC(=O)[C@H](CSSC[C@H](NC(=O)c1ccc([N+](=O)[O-])cc1)C(N)=O)NC(=O)c1ccc([N+](=O)[O-])cc1. The van der Waals surface area contributed by atoms with Crippen LogP contribution in [-0.4, -0.2) is 57.1 Å². The van der Waals surface area contributed by atoms with Crippen LogP contribution in [0.2, 0.25) is 0 Å². The molecular formula is C20H20N6O8S2. The average Bonchev–Trinajstić information content (AvgIpc) is 2.84. The van der Waals surface area contributed by atoms with Crippen LogP contribution in [0.4, 0.5) is 11.4 Å². The Bertz CT molecular complexity index is 1070. The zero-order chi connectivity index (χ0) is 26.8. The molecule has 0 radical (unpaired) electrons. The first kappa shape index (κ1) is 28.1. The molecule has 0 aliphatic carbocycles. The van der Waals surface area contributed by atoms with Gasteiger partial charge in [0.05, 0.1) is 9.85 Å². The second kappa shape index (κ2) is 13.1. The maximum absolute atomic E-state index is 12.3. The van der Waals surface area contributed by atoms with Crippen molar-refractivity contribution in [2.45, 2.75) is 12.1 Å². The lowest BCUT2D eigenvalue weighted by Gasteiger charge is -2.17. The molecule has 0 heterocycles. The highest BCUT2D eigenvalue weighted by Crippen LogP contribution is 2.23. The number of carbonyl (C=O) groups is 4. The zero-order valence-electron chi connectivity index (χ0n) is 18.3. The Morgan fingerprint density at radius 3 is 1.25 bits per heavy atom. The number of hydrogen-bond acceptors (Lipinski definition) is 10. The highest BCUT2D eigenvalue weighted by molar-refractivity contribution is 8.76. The minimum absolute atomic E-state index is 0.0144. The lowest BCUT2D eigenvalue weighted by atomic mass is 10.2. The van der Waals surface area contributed by atoms with Gasteiger partial charge >= 0.3 is 0 Å². The minimum Gasteiger partial charge on any atom is -0.368 e. The molecule has 0 bridgehead atoms. The number of rotatable bonds is 13.